The van der Waals surface area contributed by atoms with E-state index in [9.17, 15) is 8.78 Å². The second kappa shape index (κ2) is 8.51. The first kappa shape index (κ1) is 16.4. The zero-order valence-corrected chi connectivity index (χ0v) is 12.1. The molecule has 2 unspecified atom stereocenters. The zero-order chi connectivity index (χ0) is 14.3. The Labute approximate surface area is 117 Å². The van der Waals surface area contributed by atoms with Crippen molar-refractivity contribution in [1.29, 1.82) is 0 Å². The average molecular weight is 289 g/mol. The number of benzene rings is 1. The third-order valence-corrected chi connectivity index (χ3v) is 3.76. The van der Waals surface area contributed by atoms with Crippen molar-refractivity contribution in [2.24, 2.45) is 0 Å². The number of rotatable bonds is 8. The maximum atomic E-state index is 13.8. The van der Waals surface area contributed by atoms with Crippen molar-refractivity contribution in [3.63, 3.8) is 0 Å². The van der Waals surface area contributed by atoms with Gasteiger partial charge in [-0.3, -0.25) is 0 Å². The van der Waals surface area contributed by atoms with Gasteiger partial charge < -0.3 is 10.4 Å². The summed E-state index contributed by atoms with van der Waals surface area (Å²) in [6.45, 7) is 2.01. The Hall–Kier alpha value is -0.650. The van der Waals surface area contributed by atoms with Crippen LogP contribution >= 0.6 is 11.8 Å². The Morgan fingerprint density at radius 1 is 1.37 bits per heavy atom. The molecule has 0 fully saturated rings. The van der Waals surface area contributed by atoms with E-state index in [1.54, 1.807) is 11.8 Å². The van der Waals surface area contributed by atoms with Gasteiger partial charge in [0.15, 0.2) is 0 Å². The summed E-state index contributed by atoms with van der Waals surface area (Å²) >= 11 is 1.66. The van der Waals surface area contributed by atoms with Crippen LogP contribution in [0.5, 0.6) is 0 Å². The maximum Gasteiger partial charge on any atom is 0.128 e. The first-order chi connectivity index (χ1) is 9.12. The van der Waals surface area contributed by atoms with Gasteiger partial charge in [0.1, 0.15) is 11.6 Å². The number of thioether (sulfide) groups is 1. The van der Waals surface area contributed by atoms with Crippen molar-refractivity contribution in [2.45, 2.75) is 31.8 Å². The van der Waals surface area contributed by atoms with Crippen LogP contribution < -0.4 is 5.32 Å². The van der Waals surface area contributed by atoms with Gasteiger partial charge >= 0.3 is 0 Å². The summed E-state index contributed by atoms with van der Waals surface area (Å²) in [5, 5.41) is 12.3. The Morgan fingerprint density at radius 2 is 2.11 bits per heavy atom. The van der Waals surface area contributed by atoms with Gasteiger partial charge in [0.05, 0.1) is 0 Å². The van der Waals surface area contributed by atoms with Crippen LogP contribution in [-0.4, -0.2) is 29.8 Å². The standard InChI is InChI=1S/C14H21F2NOS/c1-3-14(17-11(6-7-18)9-19-2)12-8-10(15)4-5-13(12)16/h4-5,8,11,14,17-18H,3,6-7,9H2,1-2H3. The van der Waals surface area contributed by atoms with E-state index in [1.165, 1.54) is 6.07 Å². The van der Waals surface area contributed by atoms with E-state index in [0.29, 0.717) is 18.4 Å². The molecule has 5 heteroatoms. The number of nitrogens with one attached hydrogen (secondary N) is 1. The Kier molecular flexibility index (Phi) is 7.34. The van der Waals surface area contributed by atoms with Gasteiger partial charge in [-0.15, -0.1) is 0 Å². The molecule has 0 amide bonds. The molecular weight excluding hydrogens is 268 g/mol. The highest BCUT2D eigenvalue weighted by Crippen LogP contribution is 2.22. The molecule has 1 rings (SSSR count). The Morgan fingerprint density at radius 3 is 2.68 bits per heavy atom. The Bertz CT molecular complexity index is 384. The quantitative estimate of drug-likeness (QED) is 0.771. The largest absolute Gasteiger partial charge is 0.396 e. The fourth-order valence-corrected chi connectivity index (χ4v) is 2.73. The number of hydrogen-bond donors (Lipinski definition) is 2. The highest BCUT2D eigenvalue weighted by Gasteiger charge is 2.18. The van der Waals surface area contributed by atoms with E-state index in [2.05, 4.69) is 5.32 Å². The monoisotopic (exact) mass is 289 g/mol. The molecular formula is C14H21F2NOS. The lowest BCUT2D eigenvalue weighted by molar-refractivity contribution is 0.263. The van der Waals surface area contributed by atoms with Crippen LogP contribution in [0, 0.1) is 11.6 Å². The normalized spacial score (nSPS) is 14.4. The number of halogens is 2. The summed E-state index contributed by atoms with van der Waals surface area (Å²) in [6, 6.07) is 3.38. The molecule has 108 valence electrons. The molecule has 2 nitrogen and oxygen atoms in total. The summed E-state index contributed by atoms with van der Waals surface area (Å²) in [6.07, 6.45) is 3.25. The van der Waals surface area contributed by atoms with E-state index in [1.807, 2.05) is 13.2 Å². The summed E-state index contributed by atoms with van der Waals surface area (Å²) < 4.78 is 27.0. The fourth-order valence-electron chi connectivity index (χ4n) is 2.07. The SMILES string of the molecule is CCC(NC(CCO)CSC)c1cc(F)ccc1F. The highest BCUT2D eigenvalue weighted by molar-refractivity contribution is 7.98. The van der Waals surface area contributed by atoms with Gasteiger partial charge in [-0.1, -0.05) is 6.92 Å². The van der Waals surface area contributed by atoms with Gasteiger partial charge in [-0.05, 0) is 37.3 Å². The molecule has 0 aromatic heterocycles. The molecule has 2 atom stereocenters. The summed E-state index contributed by atoms with van der Waals surface area (Å²) in [5.41, 5.74) is 0.353. The summed E-state index contributed by atoms with van der Waals surface area (Å²) in [5.74, 6) is 0.00133. The average Bonchev–Trinajstić information content (AvgIpc) is 2.39. The van der Waals surface area contributed by atoms with Crippen molar-refractivity contribution in [3.8, 4) is 0 Å². The minimum absolute atomic E-state index is 0.0836. The van der Waals surface area contributed by atoms with Crippen LogP contribution in [0.25, 0.3) is 0 Å². The topological polar surface area (TPSA) is 32.3 Å². The third kappa shape index (κ3) is 5.09. The minimum atomic E-state index is -0.430. The van der Waals surface area contributed by atoms with Crippen molar-refractivity contribution in [2.75, 3.05) is 18.6 Å². The van der Waals surface area contributed by atoms with Gasteiger partial charge in [-0.25, -0.2) is 8.78 Å². The van der Waals surface area contributed by atoms with E-state index >= 15 is 0 Å². The summed E-state index contributed by atoms with van der Waals surface area (Å²) in [7, 11) is 0. The molecule has 0 aliphatic carbocycles. The van der Waals surface area contributed by atoms with Crippen LogP contribution in [-0.2, 0) is 0 Å². The second-order valence-electron chi connectivity index (χ2n) is 4.46. The van der Waals surface area contributed by atoms with Crippen LogP contribution in [0.15, 0.2) is 18.2 Å². The molecule has 0 bridgehead atoms. The number of aliphatic hydroxyl groups is 1. The second-order valence-corrected chi connectivity index (χ2v) is 5.37. The lowest BCUT2D eigenvalue weighted by atomic mass is 10.0. The van der Waals surface area contributed by atoms with Crippen LogP contribution in [0.4, 0.5) is 8.78 Å². The molecule has 0 saturated carbocycles. The molecule has 0 heterocycles. The minimum Gasteiger partial charge on any atom is -0.396 e. The van der Waals surface area contributed by atoms with Gasteiger partial charge in [0.25, 0.3) is 0 Å². The lowest BCUT2D eigenvalue weighted by Crippen LogP contribution is -2.35. The molecule has 0 radical (unpaired) electrons. The predicted molar refractivity (Wildman–Crippen MR) is 76.4 cm³/mol. The number of aliphatic hydroxyl groups excluding tert-OH is 1. The Balaban J connectivity index is 2.83. The smallest absolute Gasteiger partial charge is 0.128 e. The van der Waals surface area contributed by atoms with E-state index in [0.717, 1.165) is 17.9 Å². The first-order valence-electron chi connectivity index (χ1n) is 6.43. The zero-order valence-electron chi connectivity index (χ0n) is 11.3. The third-order valence-electron chi connectivity index (χ3n) is 3.02. The van der Waals surface area contributed by atoms with Crippen molar-refractivity contribution < 1.29 is 13.9 Å². The molecule has 0 saturated heterocycles. The van der Waals surface area contributed by atoms with Crippen molar-refractivity contribution in [3.05, 3.63) is 35.4 Å². The van der Waals surface area contributed by atoms with Gasteiger partial charge in [-0.2, -0.15) is 11.8 Å². The lowest BCUT2D eigenvalue weighted by Gasteiger charge is -2.25. The fraction of sp³-hybridized carbons (Fsp3) is 0.571. The van der Waals surface area contributed by atoms with Crippen molar-refractivity contribution in [1.82, 2.24) is 5.32 Å². The molecule has 0 aliphatic heterocycles. The van der Waals surface area contributed by atoms with E-state index in [-0.39, 0.29) is 18.7 Å². The highest BCUT2D eigenvalue weighted by atomic mass is 32.2. The molecule has 2 N–H and O–H groups in total. The number of hydrogen-bond acceptors (Lipinski definition) is 3. The van der Waals surface area contributed by atoms with Crippen LogP contribution in [0.3, 0.4) is 0 Å². The van der Waals surface area contributed by atoms with Gasteiger partial charge in [0, 0.05) is 30.0 Å². The van der Waals surface area contributed by atoms with E-state index in [4.69, 9.17) is 5.11 Å². The molecule has 19 heavy (non-hydrogen) atoms. The van der Waals surface area contributed by atoms with Crippen LogP contribution in [0.2, 0.25) is 0 Å². The first-order valence-corrected chi connectivity index (χ1v) is 7.82. The summed E-state index contributed by atoms with van der Waals surface area (Å²) in [4.78, 5) is 0. The maximum absolute atomic E-state index is 13.8. The predicted octanol–water partition coefficient (Wildman–Crippen LogP) is 3.12. The van der Waals surface area contributed by atoms with Crippen molar-refractivity contribution >= 4 is 11.8 Å². The van der Waals surface area contributed by atoms with Gasteiger partial charge in [0.2, 0.25) is 0 Å². The van der Waals surface area contributed by atoms with Crippen LogP contribution in [0.1, 0.15) is 31.4 Å². The molecule has 0 aliphatic rings. The molecule has 1 aromatic carbocycles. The van der Waals surface area contributed by atoms with E-state index < -0.39 is 11.6 Å². The molecule has 0 spiro atoms. The molecule has 1 aromatic rings.